The van der Waals surface area contributed by atoms with Crippen LogP contribution in [-0.4, -0.2) is 71.8 Å². The highest BCUT2D eigenvalue weighted by Crippen LogP contribution is 2.42. The molecule has 3 fully saturated rings. The summed E-state index contributed by atoms with van der Waals surface area (Å²) in [5, 5.41) is 2.92. The van der Waals surface area contributed by atoms with Crippen molar-refractivity contribution in [2.45, 2.75) is 31.8 Å². The van der Waals surface area contributed by atoms with Crippen molar-refractivity contribution in [3.63, 3.8) is 0 Å². The van der Waals surface area contributed by atoms with Gasteiger partial charge in [0.2, 0.25) is 6.79 Å². The molecule has 1 atom stereocenters. The summed E-state index contributed by atoms with van der Waals surface area (Å²) in [6.07, 6.45) is 2.05. The molecule has 3 amide bonds. The largest absolute Gasteiger partial charge is 0.454 e. The summed E-state index contributed by atoms with van der Waals surface area (Å²) in [7, 11) is 0. The predicted octanol–water partition coefficient (Wildman–Crippen LogP) is 1.21. The van der Waals surface area contributed by atoms with Gasteiger partial charge >= 0.3 is 6.03 Å². The van der Waals surface area contributed by atoms with Crippen LogP contribution in [0.4, 0.5) is 4.79 Å². The van der Waals surface area contributed by atoms with E-state index in [2.05, 4.69) is 21.2 Å². The first-order chi connectivity index (χ1) is 13.5. The molecule has 3 heterocycles. The van der Waals surface area contributed by atoms with Gasteiger partial charge in [-0.3, -0.25) is 14.6 Å². The molecule has 0 radical (unpaired) electrons. The molecule has 0 spiro atoms. The summed E-state index contributed by atoms with van der Waals surface area (Å²) in [4.78, 5) is 31.1. The molecule has 1 aromatic carbocycles. The molecule has 150 valence electrons. The van der Waals surface area contributed by atoms with Crippen LogP contribution in [0.5, 0.6) is 11.5 Å². The lowest BCUT2D eigenvalue weighted by molar-refractivity contribution is -0.133. The van der Waals surface area contributed by atoms with Crippen LogP contribution < -0.4 is 14.8 Å². The van der Waals surface area contributed by atoms with Gasteiger partial charge in [-0.15, -0.1) is 0 Å². The topological polar surface area (TPSA) is 74.4 Å². The second-order valence-electron chi connectivity index (χ2n) is 8.36. The van der Waals surface area contributed by atoms with Crippen LogP contribution in [0.15, 0.2) is 18.2 Å². The Balaban J connectivity index is 1.14. The lowest BCUT2D eigenvalue weighted by Gasteiger charge is -2.36. The predicted molar refractivity (Wildman–Crippen MR) is 101 cm³/mol. The van der Waals surface area contributed by atoms with Crippen LogP contribution >= 0.6 is 0 Å². The van der Waals surface area contributed by atoms with Gasteiger partial charge in [0, 0.05) is 32.7 Å². The Hall–Kier alpha value is -2.32. The minimum absolute atomic E-state index is 0.0669. The molecule has 28 heavy (non-hydrogen) atoms. The SMILES string of the molecule is CC1(C2CC2)NC(=O)N(CN2CCN(Cc3ccc4c(c3)OCO4)CC2)C1=O. The van der Waals surface area contributed by atoms with Crippen molar-refractivity contribution in [1.82, 2.24) is 20.0 Å². The fourth-order valence-corrected chi connectivity index (χ4v) is 4.37. The highest BCUT2D eigenvalue weighted by molar-refractivity contribution is 6.07. The van der Waals surface area contributed by atoms with E-state index in [1.807, 2.05) is 19.1 Å². The molecule has 8 heteroatoms. The average molecular weight is 386 g/mol. The zero-order chi connectivity index (χ0) is 19.3. The van der Waals surface area contributed by atoms with E-state index in [0.29, 0.717) is 19.4 Å². The second kappa shape index (κ2) is 6.63. The molecule has 0 aromatic heterocycles. The lowest BCUT2D eigenvalue weighted by atomic mass is 9.96. The summed E-state index contributed by atoms with van der Waals surface area (Å²) in [6, 6.07) is 5.83. The molecule has 8 nitrogen and oxygen atoms in total. The van der Waals surface area contributed by atoms with Crippen LogP contribution in [-0.2, 0) is 11.3 Å². The number of carbonyl (C=O) groups is 2. The van der Waals surface area contributed by atoms with Crippen molar-refractivity contribution in [2.24, 2.45) is 5.92 Å². The van der Waals surface area contributed by atoms with Crippen molar-refractivity contribution >= 4 is 11.9 Å². The van der Waals surface area contributed by atoms with Crippen LogP contribution in [0.1, 0.15) is 25.3 Å². The molecule has 2 saturated heterocycles. The first-order valence-corrected chi connectivity index (χ1v) is 10.0. The van der Waals surface area contributed by atoms with Crippen LogP contribution in [0.25, 0.3) is 0 Å². The number of fused-ring (bicyclic) bond motifs is 1. The zero-order valence-electron chi connectivity index (χ0n) is 16.1. The number of benzene rings is 1. The maximum Gasteiger partial charge on any atom is 0.326 e. The number of urea groups is 1. The van der Waals surface area contributed by atoms with Gasteiger partial charge in [0.15, 0.2) is 11.5 Å². The summed E-state index contributed by atoms with van der Waals surface area (Å²) in [5.41, 5.74) is 0.505. The minimum Gasteiger partial charge on any atom is -0.454 e. The minimum atomic E-state index is -0.696. The normalized spacial score (nSPS) is 28.1. The van der Waals surface area contributed by atoms with E-state index < -0.39 is 5.54 Å². The van der Waals surface area contributed by atoms with E-state index in [1.165, 1.54) is 10.5 Å². The molecular weight excluding hydrogens is 360 g/mol. The Bertz CT molecular complexity index is 803. The first-order valence-electron chi connectivity index (χ1n) is 10.0. The molecule has 5 rings (SSSR count). The van der Waals surface area contributed by atoms with E-state index >= 15 is 0 Å². The number of nitrogens with zero attached hydrogens (tertiary/aromatic N) is 3. The van der Waals surface area contributed by atoms with Crippen molar-refractivity contribution in [2.75, 3.05) is 39.6 Å². The summed E-state index contributed by atoms with van der Waals surface area (Å²) >= 11 is 0. The molecule has 1 saturated carbocycles. The molecule has 1 aliphatic carbocycles. The fourth-order valence-electron chi connectivity index (χ4n) is 4.37. The molecule has 4 aliphatic rings. The van der Waals surface area contributed by atoms with Gasteiger partial charge in [0.1, 0.15) is 5.54 Å². The molecule has 1 N–H and O–H groups in total. The lowest BCUT2D eigenvalue weighted by Crippen LogP contribution is -2.51. The number of piperazine rings is 1. The molecule has 0 bridgehead atoms. The molecule has 3 aliphatic heterocycles. The standard InChI is InChI=1S/C20H26N4O4/c1-20(15-3-4-15)18(25)24(19(26)21-20)12-23-8-6-22(7-9-23)11-14-2-5-16-17(10-14)28-13-27-16/h2,5,10,15H,3-4,6-9,11-13H2,1H3,(H,21,26). The van der Waals surface area contributed by atoms with Gasteiger partial charge in [-0.25, -0.2) is 9.69 Å². The summed E-state index contributed by atoms with van der Waals surface area (Å²) in [5.74, 6) is 1.85. The Labute approximate surface area is 164 Å². The number of amides is 3. The van der Waals surface area contributed by atoms with Gasteiger partial charge < -0.3 is 14.8 Å². The van der Waals surface area contributed by atoms with Crippen LogP contribution in [0.2, 0.25) is 0 Å². The second-order valence-corrected chi connectivity index (χ2v) is 8.36. The first kappa shape index (κ1) is 17.8. The number of rotatable bonds is 5. The van der Waals surface area contributed by atoms with Crippen LogP contribution in [0, 0.1) is 5.92 Å². The zero-order valence-corrected chi connectivity index (χ0v) is 16.1. The third-order valence-electron chi connectivity index (χ3n) is 6.34. The Kier molecular flexibility index (Phi) is 4.21. The Morgan fingerprint density at radius 2 is 1.79 bits per heavy atom. The number of carbonyl (C=O) groups excluding carboxylic acids is 2. The van der Waals surface area contributed by atoms with Crippen molar-refractivity contribution in [3.8, 4) is 11.5 Å². The van der Waals surface area contributed by atoms with E-state index in [-0.39, 0.29) is 11.9 Å². The Morgan fingerprint density at radius 1 is 1.07 bits per heavy atom. The number of hydrogen-bond acceptors (Lipinski definition) is 6. The number of nitrogens with one attached hydrogen (secondary N) is 1. The highest BCUT2D eigenvalue weighted by atomic mass is 16.7. The van der Waals surface area contributed by atoms with Gasteiger partial charge in [-0.05, 0) is 43.4 Å². The van der Waals surface area contributed by atoms with Gasteiger partial charge in [-0.1, -0.05) is 6.07 Å². The smallest absolute Gasteiger partial charge is 0.326 e. The number of imide groups is 1. The fraction of sp³-hybridized carbons (Fsp3) is 0.600. The third-order valence-corrected chi connectivity index (χ3v) is 6.34. The van der Waals surface area contributed by atoms with E-state index in [0.717, 1.165) is 57.1 Å². The van der Waals surface area contributed by atoms with Crippen molar-refractivity contribution in [1.29, 1.82) is 0 Å². The van der Waals surface area contributed by atoms with Crippen molar-refractivity contribution < 1.29 is 19.1 Å². The van der Waals surface area contributed by atoms with E-state index in [4.69, 9.17) is 9.47 Å². The molecular formula is C20H26N4O4. The average Bonchev–Trinajstić information content (AvgIpc) is 3.41. The maximum absolute atomic E-state index is 12.8. The van der Waals surface area contributed by atoms with Gasteiger partial charge in [-0.2, -0.15) is 0 Å². The third kappa shape index (κ3) is 3.10. The summed E-state index contributed by atoms with van der Waals surface area (Å²) in [6.45, 7) is 6.87. The number of hydrogen-bond donors (Lipinski definition) is 1. The summed E-state index contributed by atoms with van der Waals surface area (Å²) < 4.78 is 10.8. The maximum atomic E-state index is 12.8. The monoisotopic (exact) mass is 386 g/mol. The van der Waals surface area contributed by atoms with Gasteiger partial charge in [0.25, 0.3) is 5.91 Å². The molecule has 1 aromatic rings. The number of ether oxygens (including phenoxy) is 2. The van der Waals surface area contributed by atoms with Crippen LogP contribution in [0.3, 0.4) is 0 Å². The van der Waals surface area contributed by atoms with Crippen molar-refractivity contribution in [3.05, 3.63) is 23.8 Å². The highest BCUT2D eigenvalue weighted by Gasteiger charge is 2.56. The van der Waals surface area contributed by atoms with E-state index in [9.17, 15) is 9.59 Å². The molecule has 1 unspecified atom stereocenters. The quantitative estimate of drug-likeness (QED) is 0.767. The van der Waals surface area contributed by atoms with Gasteiger partial charge in [0.05, 0.1) is 6.67 Å². The Morgan fingerprint density at radius 3 is 2.54 bits per heavy atom. The van der Waals surface area contributed by atoms with E-state index in [1.54, 1.807) is 0 Å².